The third-order valence-electron chi connectivity index (χ3n) is 5.02. The number of carboxylic acid groups (broad SMARTS) is 1. The van der Waals surface area contributed by atoms with E-state index in [4.69, 9.17) is 8.83 Å². The first-order valence-corrected chi connectivity index (χ1v) is 9.19. The molecule has 0 spiro atoms. The second-order valence-corrected chi connectivity index (χ2v) is 6.99. The Balaban J connectivity index is 1.83. The van der Waals surface area contributed by atoms with E-state index in [9.17, 15) is 19.5 Å². The average molecular weight is 384 g/mol. The molecule has 2 aromatic heterocycles. The second kappa shape index (κ2) is 7.88. The SMILES string of the molecule is Cc1coc2c(C)c3oc(=O)c(CCC(=O)NCCCC(=O)[O-])c(C)c3cc12. The molecule has 0 unspecified atom stereocenters. The number of carbonyl (C=O) groups is 2. The molecule has 0 saturated heterocycles. The monoisotopic (exact) mass is 384 g/mol. The van der Waals surface area contributed by atoms with Gasteiger partial charge in [-0.2, -0.15) is 0 Å². The number of aryl methyl sites for hydroxylation is 3. The fraction of sp³-hybridized carbons (Fsp3) is 0.381. The van der Waals surface area contributed by atoms with Gasteiger partial charge in [-0.15, -0.1) is 0 Å². The molecule has 3 aromatic rings. The van der Waals surface area contributed by atoms with E-state index < -0.39 is 11.6 Å². The largest absolute Gasteiger partial charge is 0.550 e. The highest BCUT2D eigenvalue weighted by Crippen LogP contribution is 2.32. The van der Waals surface area contributed by atoms with Crippen molar-refractivity contribution in [3.05, 3.63) is 45.0 Å². The van der Waals surface area contributed by atoms with Crippen LogP contribution in [0.1, 0.15) is 41.5 Å². The molecule has 3 rings (SSSR count). The van der Waals surface area contributed by atoms with Crippen LogP contribution in [0, 0.1) is 20.8 Å². The molecule has 2 heterocycles. The van der Waals surface area contributed by atoms with Gasteiger partial charge in [0, 0.05) is 40.8 Å². The molecule has 148 valence electrons. The summed E-state index contributed by atoms with van der Waals surface area (Å²) >= 11 is 0. The summed E-state index contributed by atoms with van der Waals surface area (Å²) in [5.74, 6) is -1.38. The van der Waals surface area contributed by atoms with Crippen molar-refractivity contribution in [2.24, 2.45) is 0 Å². The summed E-state index contributed by atoms with van der Waals surface area (Å²) in [5.41, 5.74) is 3.79. The molecule has 1 N–H and O–H groups in total. The third-order valence-corrected chi connectivity index (χ3v) is 5.02. The molecule has 28 heavy (non-hydrogen) atoms. The Hall–Kier alpha value is -3.09. The fourth-order valence-corrected chi connectivity index (χ4v) is 3.40. The zero-order valence-corrected chi connectivity index (χ0v) is 16.1. The van der Waals surface area contributed by atoms with Crippen molar-refractivity contribution >= 4 is 33.8 Å². The van der Waals surface area contributed by atoms with Gasteiger partial charge in [0.25, 0.3) is 0 Å². The Morgan fingerprint density at radius 2 is 1.82 bits per heavy atom. The zero-order chi connectivity index (χ0) is 20.4. The van der Waals surface area contributed by atoms with Gasteiger partial charge in [0.05, 0.1) is 6.26 Å². The molecule has 0 aliphatic carbocycles. The molecule has 0 aliphatic rings. The van der Waals surface area contributed by atoms with Crippen molar-refractivity contribution in [3.63, 3.8) is 0 Å². The molecular weight excluding hydrogens is 362 g/mol. The second-order valence-electron chi connectivity index (χ2n) is 6.99. The van der Waals surface area contributed by atoms with Crippen LogP contribution in [0.5, 0.6) is 0 Å². The number of hydrogen-bond donors (Lipinski definition) is 1. The molecule has 1 aromatic carbocycles. The van der Waals surface area contributed by atoms with Crippen molar-refractivity contribution in [1.29, 1.82) is 0 Å². The van der Waals surface area contributed by atoms with E-state index in [2.05, 4.69) is 5.32 Å². The summed E-state index contributed by atoms with van der Waals surface area (Å²) < 4.78 is 11.1. The maximum absolute atomic E-state index is 12.5. The van der Waals surface area contributed by atoms with Gasteiger partial charge < -0.3 is 24.1 Å². The minimum atomic E-state index is -1.14. The first-order valence-electron chi connectivity index (χ1n) is 9.19. The number of rotatable bonds is 7. The van der Waals surface area contributed by atoms with Gasteiger partial charge in [-0.25, -0.2) is 4.79 Å². The van der Waals surface area contributed by atoms with Crippen molar-refractivity contribution < 1.29 is 23.5 Å². The maximum atomic E-state index is 12.5. The van der Waals surface area contributed by atoms with Crippen LogP contribution in [0.2, 0.25) is 0 Å². The van der Waals surface area contributed by atoms with Crippen LogP contribution >= 0.6 is 0 Å². The zero-order valence-electron chi connectivity index (χ0n) is 16.1. The van der Waals surface area contributed by atoms with Gasteiger partial charge >= 0.3 is 5.63 Å². The lowest BCUT2D eigenvalue weighted by Crippen LogP contribution is -2.28. The number of nitrogens with one attached hydrogen (secondary N) is 1. The predicted molar refractivity (Wildman–Crippen MR) is 102 cm³/mol. The summed E-state index contributed by atoms with van der Waals surface area (Å²) in [4.78, 5) is 34.8. The number of aliphatic carboxylic acids is 1. The summed E-state index contributed by atoms with van der Waals surface area (Å²) in [5, 5.41) is 14.8. The van der Waals surface area contributed by atoms with Crippen LogP contribution in [0.25, 0.3) is 21.9 Å². The minimum absolute atomic E-state index is 0.102. The molecule has 0 saturated carbocycles. The van der Waals surface area contributed by atoms with Crippen LogP contribution < -0.4 is 16.0 Å². The summed E-state index contributed by atoms with van der Waals surface area (Å²) in [6.07, 6.45) is 2.25. The lowest BCUT2D eigenvalue weighted by molar-refractivity contribution is -0.305. The molecule has 0 radical (unpaired) electrons. The highest BCUT2D eigenvalue weighted by molar-refractivity contribution is 5.99. The number of fused-ring (bicyclic) bond motifs is 2. The van der Waals surface area contributed by atoms with E-state index in [1.54, 1.807) is 6.26 Å². The summed E-state index contributed by atoms with van der Waals surface area (Å²) in [7, 11) is 0. The molecule has 1 amide bonds. The Morgan fingerprint density at radius 3 is 2.54 bits per heavy atom. The van der Waals surface area contributed by atoms with Crippen LogP contribution in [-0.2, 0) is 16.0 Å². The molecule has 7 heteroatoms. The van der Waals surface area contributed by atoms with E-state index in [-0.39, 0.29) is 31.7 Å². The molecule has 7 nitrogen and oxygen atoms in total. The highest BCUT2D eigenvalue weighted by Gasteiger charge is 2.18. The summed E-state index contributed by atoms with van der Waals surface area (Å²) in [6, 6.07) is 1.96. The number of carboxylic acids is 1. The number of amides is 1. The standard InChI is InChI=1S/C21H23NO6/c1-11-10-27-19-13(3)20-16(9-15(11)19)12(2)14(21(26)28-20)6-7-17(23)22-8-4-5-18(24)25/h9-10H,4-8H2,1-3H3,(H,22,23)(H,24,25)/p-1. The Kier molecular flexibility index (Phi) is 5.53. The van der Waals surface area contributed by atoms with Crippen molar-refractivity contribution in [2.75, 3.05) is 6.54 Å². The summed E-state index contributed by atoms with van der Waals surface area (Å²) in [6.45, 7) is 5.93. The average Bonchev–Trinajstić information content (AvgIpc) is 3.01. The quantitative estimate of drug-likeness (QED) is 0.493. The van der Waals surface area contributed by atoms with Gasteiger partial charge in [-0.05, 0) is 57.2 Å². The van der Waals surface area contributed by atoms with E-state index in [1.807, 2.05) is 26.8 Å². The van der Waals surface area contributed by atoms with Crippen LogP contribution in [0.4, 0.5) is 0 Å². The van der Waals surface area contributed by atoms with E-state index in [0.717, 1.165) is 27.5 Å². The topological polar surface area (TPSA) is 113 Å². The molecule has 0 fully saturated rings. The van der Waals surface area contributed by atoms with Crippen molar-refractivity contribution in [2.45, 2.75) is 46.5 Å². The van der Waals surface area contributed by atoms with Crippen molar-refractivity contribution in [1.82, 2.24) is 5.32 Å². The third kappa shape index (κ3) is 3.78. The Morgan fingerprint density at radius 1 is 1.07 bits per heavy atom. The molecule has 0 atom stereocenters. The molecule has 0 aliphatic heterocycles. The fourth-order valence-electron chi connectivity index (χ4n) is 3.40. The van der Waals surface area contributed by atoms with Gasteiger partial charge in [0.1, 0.15) is 11.2 Å². The van der Waals surface area contributed by atoms with E-state index in [0.29, 0.717) is 23.2 Å². The predicted octanol–water partition coefficient (Wildman–Crippen LogP) is 2.04. The van der Waals surface area contributed by atoms with Gasteiger partial charge in [0.15, 0.2) is 0 Å². The Labute approximate surface area is 161 Å². The number of carbonyl (C=O) groups excluding carboxylic acids is 2. The minimum Gasteiger partial charge on any atom is -0.550 e. The van der Waals surface area contributed by atoms with Crippen molar-refractivity contribution in [3.8, 4) is 0 Å². The first-order chi connectivity index (χ1) is 13.3. The highest BCUT2D eigenvalue weighted by atomic mass is 16.4. The first kappa shape index (κ1) is 19.7. The lowest BCUT2D eigenvalue weighted by atomic mass is 9.98. The number of furan rings is 1. The van der Waals surface area contributed by atoms with E-state index in [1.165, 1.54) is 0 Å². The van der Waals surface area contributed by atoms with Gasteiger partial charge in [-0.1, -0.05) is 0 Å². The van der Waals surface area contributed by atoms with Crippen LogP contribution in [-0.4, -0.2) is 18.4 Å². The van der Waals surface area contributed by atoms with E-state index >= 15 is 0 Å². The van der Waals surface area contributed by atoms with Crippen LogP contribution in [0.15, 0.2) is 26.0 Å². The van der Waals surface area contributed by atoms with Gasteiger partial charge in [-0.3, -0.25) is 4.79 Å². The molecule has 0 bridgehead atoms. The Bertz CT molecular complexity index is 1120. The molecular formula is C21H22NO6-. The van der Waals surface area contributed by atoms with Crippen LogP contribution in [0.3, 0.4) is 0 Å². The number of hydrogen-bond acceptors (Lipinski definition) is 6. The lowest BCUT2D eigenvalue weighted by Gasteiger charge is -2.10. The number of benzene rings is 1. The van der Waals surface area contributed by atoms with Gasteiger partial charge in [0.2, 0.25) is 5.91 Å². The maximum Gasteiger partial charge on any atom is 0.339 e. The smallest absolute Gasteiger partial charge is 0.339 e. The normalized spacial score (nSPS) is 11.2.